The topological polar surface area (TPSA) is 34.9 Å². The summed E-state index contributed by atoms with van der Waals surface area (Å²) < 4.78 is 0. The number of hydrogen-bond donors (Lipinski definition) is 1. The zero-order valence-electron chi connectivity index (χ0n) is 6.15. The molecule has 1 aliphatic heterocycles. The van der Waals surface area contributed by atoms with Crippen molar-refractivity contribution < 1.29 is 5.11 Å². The molecule has 54 valence electrons. The van der Waals surface area contributed by atoms with Gasteiger partial charge in [0, 0.05) is 12.5 Å². The molecular weight excluding hydrogens is 114 g/mol. The second-order valence-corrected chi connectivity index (χ2v) is 3.17. The Kier molecular flexibility index (Phi) is 2.09. The molecule has 2 nitrogen and oxygen atoms in total. The predicted molar refractivity (Wildman–Crippen MR) is 38.6 cm³/mol. The van der Waals surface area contributed by atoms with Crippen molar-refractivity contribution in [3.05, 3.63) is 0 Å². The fourth-order valence-electron chi connectivity index (χ4n) is 1.40. The first-order chi connectivity index (χ1) is 4.22. The SMILES string of the molecule is CC(C)C1CNCC1[OH2+]. The molecule has 2 atom stereocenters. The van der Waals surface area contributed by atoms with Crippen LogP contribution in [0.4, 0.5) is 0 Å². The van der Waals surface area contributed by atoms with Crippen LogP contribution in [0.15, 0.2) is 0 Å². The normalized spacial score (nSPS) is 36.0. The van der Waals surface area contributed by atoms with Crippen LogP contribution in [0.3, 0.4) is 0 Å². The maximum atomic E-state index is 7.56. The first kappa shape index (κ1) is 7.03. The number of rotatable bonds is 1. The second kappa shape index (κ2) is 2.67. The molecule has 1 saturated heterocycles. The maximum Gasteiger partial charge on any atom is 0.170 e. The van der Waals surface area contributed by atoms with Crippen LogP contribution < -0.4 is 5.32 Å². The Morgan fingerprint density at radius 3 is 2.33 bits per heavy atom. The summed E-state index contributed by atoms with van der Waals surface area (Å²) in [6.45, 7) is 6.33. The molecule has 0 radical (unpaired) electrons. The van der Waals surface area contributed by atoms with Gasteiger partial charge in [-0.05, 0) is 5.92 Å². The van der Waals surface area contributed by atoms with Gasteiger partial charge in [-0.1, -0.05) is 13.8 Å². The number of nitrogens with one attached hydrogen (secondary N) is 1. The Morgan fingerprint density at radius 2 is 2.11 bits per heavy atom. The summed E-state index contributed by atoms with van der Waals surface area (Å²) in [4.78, 5) is 0. The van der Waals surface area contributed by atoms with Crippen LogP contribution in [0.1, 0.15) is 13.8 Å². The van der Waals surface area contributed by atoms with Gasteiger partial charge in [0.1, 0.15) is 0 Å². The molecule has 0 amide bonds. The van der Waals surface area contributed by atoms with Gasteiger partial charge in [-0.15, -0.1) is 0 Å². The first-order valence-electron chi connectivity index (χ1n) is 3.63. The average Bonchev–Trinajstić information content (AvgIpc) is 2.13. The van der Waals surface area contributed by atoms with Crippen LogP contribution in [0.5, 0.6) is 0 Å². The lowest BCUT2D eigenvalue weighted by Gasteiger charge is -2.13. The van der Waals surface area contributed by atoms with E-state index in [0.717, 1.165) is 13.1 Å². The van der Waals surface area contributed by atoms with E-state index in [9.17, 15) is 0 Å². The minimum absolute atomic E-state index is 0.144. The highest BCUT2D eigenvalue weighted by molar-refractivity contribution is 4.81. The third kappa shape index (κ3) is 1.43. The van der Waals surface area contributed by atoms with E-state index >= 15 is 0 Å². The minimum atomic E-state index is 0.144. The fourth-order valence-corrected chi connectivity index (χ4v) is 1.40. The van der Waals surface area contributed by atoms with Gasteiger partial charge in [0.25, 0.3) is 0 Å². The van der Waals surface area contributed by atoms with E-state index in [4.69, 9.17) is 5.11 Å². The van der Waals surface area contributed by atoms with Crippen molar-refractivity contribution in [2.45, 2.75) is 20.0 Å². The number of hydrogen-bond acceptors (Lipinski definition) is 1. The predicted octanol–water partition coefficient (Wildman–Crippen LogP) is -0.0450. The summed E-state index contributed by atoms with van der Waals surface area (Å²) in [5.74, 6) is 1.26. The fraction of sp³-hybridized carbons (Fsp3) is 1.00. The lowest BCUT2D eigenvalue weighted by molar-refractivity contribution is 0.123. The van der Waals surface area contributed by atoms with E-state index in [1.807, 2.05) is 0 Å². The molecular formula is C7H16NO+. The lowest BCUT2D eigenvalue weighted by atomic mass is 9.93. The standard InChI is InChI=1S/C7H15NO/c1-5(2)6-3-8-4-7(6)9/h5-9H,3-4H2,1-2H3/p+1. The van der Waals surface area contributed by atoms with E-state index in [2.05, 4.69) is 19.2 Å². The zero-order chi connectivity index (χ0) is 6.85. The van der Waals surface area contributed by atoms with Crippen molar-refractivity contribution >= 4 is 0 Å². The van der Waals surface area contributed by atoms with Gasteiger partial charge in [-0.3, -0.25) is 0 Å². The smallest absolute Gasteiger partial charge is 0.170 e. The Balaban J connectivity index is 2.40. The van der Waals surface area contributed by atoms with Crippen molar-refractivity contribution in [1.29, 1.82) is 0 Å². The van der Waals surface area contributed by atoms with Gasteiger partial charge in [0.15, 0.2) is 6.10 Å². The van der Waals surface area contributed by atoms with Crippen LogP contribution in [0, 0.1) is 11.8 Å². The van der Waals surface area contributed by atoms with Crippen molar-refractivity contribution in [2.24, 2.45) is 11.8 Å². The van der Waals surface area contributed by atoms with Gasteiger partial charge in [0.05, 0.1) is 6.54 Å². The Labute approximate surface area is 56.3 Å². The van der Waals surface area contributed by atoms with E-state index < -0.39 is 0 Å². The highest BCUT2D eigenvalue weighted by Gasteiger charge is 2.30. The van der Waals surface area contributed by atoms with Gasteiger partial charge < -0.3 is 10.4 Å². The third-order valence-corrected chi connectivity index (χ3v) is 2.12. The Bertz CT molecular complexity index is 92.9. The van der Waals surface area contributed by atoms with E-state index in [1.54, 1.807) is 0 Å². The molecule has 1 aliphatic rings. The van der Waals surface area contributed by atoms with E-state index in [-0.39, 0.29) is 6.10 Å². The first-order valence-corrected chi connectivity index (χ1v) is 3.63. The van der Waals surface area contributed by atoms with Crippen LogP contribution in [-0.4, -0.2) is 24.3 Å². The molecule has 0 aromatic heterocycles. The minimum Gasteiger partial charge on any atom is -0.442 e. The quantitative estimate of drug-likeness (QED) is 0.496. The Morgan fingerprint density at radius 1 is 1.44 bits per heavy atom. The summed E-state index contributed by atoms with van der Waals surface area (Å²) in [6.07, 6.45) is 0.144. The molecule has 0 spiro atoms. The van der Waals surface area contributed by atoms with Crippen molar-refractivity contribution in [1.82, 2.24) is 5.32 Å². The zero-order valence-corrected chi connectivity index (χ0v) is 6.15. The Hall–Kier alpha value is -0.0800. The molecule has 9 heavy (non-hydrogen) atoms. The summed E-state index contributed by atoms with van der Waals surface area (Å²) in [7, 11) is 0. The molecule has 1 fully saturated rings. The van der Waals surface area contributed by atoms with Crippen LogP contribution in [0.2, 0.25) is 0 Å². The monoisotopic (exact) mass is 130 g/mol. The maximum absolute atomic E-state index is 7.56. The van der Waals surface area contributed by atoms with Crippen molar-refractivity contribution in [2.75, 3.05) is 13.1 Å². The largest absolute Gasteiger partial charge is 0.442 e. The van der Waals surface area contributed by atoms with Crippen molar-refractivity contribution in [3.8, 4) is 0 Å². The van der Waals surface area contributed by atoms with E-state index in [1.165, 1.54) is 0 Å². The molecule has 0 aromatic carbocycles. The van der Waals surface area contributed by atoms with Gasteiger partial charge in [-0.25, -0.2) is 0 Å². The van der Waals surface area contributed by atoms with E-state index in [0.29, 0.717) is 11.8 Å². The summed E-state index contributed by atoms with van der Waals surface area (Å²) in [5.41, 5.74) is 0. The van der Waals surface area contributed by atoms with Gasteiger partial charge in [-0.2, -0.15) is 0 Å². The van der Waals surface area contributed by atoms with Crippen LogP contribution in [-0.2, 0) is 0 Å². The molecule has 0 bridgehead atoms. The van der Waals surface area contributed by atoms with Crippen molar-refractivity contribution in [3.63, 3.8) is 0 Å². The molecule has 2 unspecified atom stereocenters. The molecule has 0 aromatic rings. The molecule has 0 aliphatic carbocycles. The van der Waals surface area contributed by atoms with Crippen LogP contribution >= 0.6 is 0 Å². The molecule has 3 N–H and O–H groups in total. The van der Waals surface area contributed by atoms with Crippen LogP contribution in [0.25, 0.3) is 0 Å². The molecule has 1 rings (SSSR count). The van der Waals surface area contributed by atoms with Gasteiger partial charge >= 0.3 is 0 Å². The molecule has 0 saturated carbocycles. The molecule has 2 heteroatoms. The highest BCUT2D eigenvalue weighted by Crippen LogP contribution is 2.17. The molecule has 1 heterocycles. The second-order valence-electron chi connectivity index (χ2n) is 3.17. The third-order valence-electron chi connectivity index (χ3n) is 2.12. The van der Waals surface area contributed by atoms with Gasteiger partial charge in [0.2, 0.25) is 0 Å². The summed E-state index contributed by atoms with van der Waals surface area (Å²) in [6, 6.07) is 0. The summed E-state index contributed by atoms with van der Waals surface area (Å²) in [5, 5.41) is 10.8. The average molecular weight is 130 g/mol. The lowest BCUT2D eigenvalue weighted by Crippen LogP contribution is -2.22. The highest BCUT2D eigenvalue weighted by atomic mass is 16.3. The summed E-state index contributed by atoms with van der Waals surface area (Å²) >= 11 is 0.